The number of carbonyl (C=O) groups excluding carboxylic acids is 1. The molecule has 0 aromatic carbocycles. The molecule has 1 aromatic rings. The number of thiophene rings is 1. The first kappa shape index (κ1) is 15.6. The fourth-order valence-electron chi connectivity index (χ4n) is 1.45. The van der Waals surface area contributed by atoms with Crippen molar-refractivity contribution in [3.63, 3.8) is 0 Å². The van der Waals surface area contributed by atoms with Crippen LogP contribution in [0.1, 0.15) is 16.6 Å². The van der Waals surface area contributed by atoms with Gasteiger partial charge in [0.1, 0.15) is 15.6 Å². The average molecular weight is 286 g/mol. The Morgan fingerprint density at radius 2 is 2.16 bits per heavy atom. The standard InChI is InChI=1S/C12H22N4O2S/c1-7(16(3)4)6-15-12-9(18-5)8(13)10(19-12)11(17)14-2/h7,15H,6,13H2,1-5H3,(H,14,17). The number of nitrogens with two attached hydrogens (primary N) is 1. The molecule has 0 bridgehead atoms. The molecule has 1 atom stereocenters. The molecule has 0 aliphatic carbocycles. The second-order valence-corrected chi connectivity index (χ2v) is 5.50. The monoisotopic (exact) mass is 286 g/mol. The fourth-order valence-corrected chi connectivity index (χ4v) is 2.50. The van der Waals surface area contributed by atoms with Crippen LogP contribution in [0.2, 0.25) is 0 Å². The number of rotatable bonds is 6. The lowest BCUT2D eigenvalue weighted by Gasteiger charge is -2.20. The Labute approximate surface area is 117 Å². The molecule has 0 aliphatic rings. The van der Waals surface area contributed by atoms with Gasteiger partial charge < -0.3 is 26.0 Å². The van der Waals surface area contributed by atoms with Gasteiger partial charge in [-0.05, 0) is 21.0 Å². The molecule has 108 valence electrons. The smallest absolute Gasteiger partial charge is 0.263 e. The summed E-state index contributed by atoms with van der Waals surface area (Å²) in [4.78, 5) is 14.3. The molecule has 0 aliphatic heterocycles. The summed E-state index contributed by atoms with van der Waals surface area (Å²) in [5.74, 6) is 0.337. The van der Waals surface area contributed by atoms with Crippen molar-refractivity contribution in [2.75, 3.05) is 45.8 Å². The molecule has 7 heteroatoms. The summed E-state index contributed by atoms with van der Waals surface area (Å²) in [5.41, 5.74) is 6.31. The van der Waals surface area contributed by atoms with Gasteiger partial charge in [-0.25, -0.2) is 0 Å². The molecule has 1 aromatic heterocycles. The number of hydrogen-bond donors (Lipinski definition) is 3. The van der Waals surface area contributed by atoms with Gasteiger partial charge in [-0.2, -0.15) is 0 Å². The Bertz CT molecular complexity index is 445. The minimum atomic E-state index is -0.200. The van der Waals surface area contributed by atoms with Crippen molar-refractivity contribution in [3.8, 4) is 5.75 Å². The van der Waals surface area contributed by atoms with Gasteiger partial charge in [-0.3, -0.25) is 4.79 Å². The van der Waals surface area contributed by atoms with Gasteiger partial charge in [0.25, 0.3) is 5.91 Å². The van der Waals surface area contributed by atoms with Gasteiger partial charge in [0, 0.05) is 19.6 Å². The zero-order valence-corrected chi connectivity index (χ0v) is 12.9. The summed E-state index contributed by atoms with van der Waals surface area (Å²) in [7, 11) is 7.16. The van der Waals surface area contributed by atoms with Crippen LogP contribution in [0.25, 0.3) is 0 Å². The third kappa shape index (κ3) is 3.51. The highest BCUT2D eigenvalue weighted by molar-refractivity contribution is 7.19. The minimum absolute atomic E-state index is 0.200. The molecule has 1 heterocycles. The lowest BCUT2D eigenvalue weighted by molar-refractivity contribution is 0.0967. The summed E-state index contributed by atoms with van der Waals surface area (Å²) < 4.78 is 5.27. The number of methoxy groups -OCH3 is 1. The molecule has 19 heavy (non-hydrogen) atoms. The van der Waals surface area contributed by atoms with Crippen molar-refractivity contribution >= 4 is 27.9 Å². The number of anilines is 2. The van der Waals surface area contributed by atoms with Gasteiger partial charge in [0.05, 0.1) is 7.11 Å². The molecule has 1 rings (SSSR count). The van der Waals surface area contributed by atoms with E-state index in [0.29, 0.717) is 22.4 Å². The topological polar surface area (TPSA) is 79.6 Å². The van der Waals surface area contributed by atoms with E-state index < -0.39 is 0 Å². The molecule has 0 saturated carbocycles. The number of nitrogens with one attached hydrogen (secondary N) is 2. The second-order valence-electron chi connectivity index (χ2n) is 4.48. The van der Waals surface area contributed by atoms with Gasteiger partial charge in [-0.1, -0.05) is 0 Å². The van der Waals surface area contributed by atoms with E-state index >= 15 is 0 Å². The minimum Gasteiger partial charge on any atom is -0.492 e. The highest BCUT2D eigenvalue weighted by Crippen LogP contribution is 2.42. The van der Waals surface area contributed by atoms with Gasteiger partial charge in [-0.15, -0.1) is 11.3 Å². The summed E-state index contributed by atoms with van der Waals surface area (Å²) in [5, 5.41) is 6.63. The Kier molecular flexibility index (Phi) is 5.44. The van der Waals surface area contributed by atoms with Crippen molar-refractivity contribution in [1.82, 2.24) is 10.2 Å². The van der Waals surface area contributed by atoms with Crippen molar-refractivity contribution in [3.05, 3.63) is 4.88 Å². The average Bonchev–Trinajstić information content (AvgIpc) is 2.71. The molecule has 1 amide bonds. The predicted molar refractivity (Wildman–Crippen MR) is 80.3 cm³/mol. The molecule has 0 saturated heterocycles. The van der Waals surface area contributed by atoms with Crippen LogP contribution in [0.15, 0.2) is 0 Å². The highest BCUT2D eigenvalue weighted by atomic mass is 32.1. The molecule has 6 nitrogen and oxygen atoms in total. The van der Waals surface area contributed by atoms with Crippen molar-refractivity contribution in [1.29, 1.82) is 0 Å². The van der Waals surface area contributed by atoms with E-state index in [1.54, 1.807) is 14.2 Å². The zero-order chi connectivity index (χ0) is 14.6. The maximum absolute atomic E-state index is 11.7. The van der Waals surface area contributed by atoms with Crippen molar-refractivity contribution in [2.45, 2.75) is 13.0 Å². The first-order valence-corrected chi connectivity index (χ1v) is 6.82. The Morgan fingerprint density at radius 1 is 1.53 bits per heavy atom. The van der Waals surface area contributed by atoms with Crippen LogP contribution < -0.4 is 21.1 Å². The first-order chi connectivity index (χ1) is 8.92. The van der Waals surface area contributed by atoms with Crippen LogP contribution in [-0.2, 0) is 0 Å². The molecule has 0 spiro atoms. The highest BCUT2D eigenvalue weighted by Gasteiger charge is 2.21. The van der Waals surface area contributed by atoms with Gasteiger partial charge in [0.15, 0.2) is 5.75 Å². The zero-order valence-electron chi connectivity index (χ0n) is 12.0. The lowest BCUT2D eigenvalue weighted by atomic mass is 10.3. The van der Waals surface area contributed by atoms with E-state index in [2.05, 4.69) is 22.5 Å². The molecule has 0 radical (unpaired) electrons. The predicted octanol–water partition coefficient (Wildman–Crippen LogP) is 1.06. The Hall–Kier alpha value is -1.47. The largest absolute Gasteiger partial charge is 0.492 e. The normalized spacial score (nSPS) is 12.3. The van der Waals surface area contributed by atoms with Crippen LogP contribution in [-0.4, -0.2) is 51.6 Å². The van der Waals surface area contributed by atoms with Crippen LogP contribution in [0.3, 0.4) is 0 Å². The number of amides is 1. The van der Waals surface area contributed by atoms with Crippen LogP contribution >= 0.6 is 11.3 Å². The summed E-state index contributed by atoms with van der Waals surface area (Å²) in [6, 6.07) is 0.358. The van der Waals surface area contributed by atoms with Gasteiger partial charge >= 0.3 is 0 Å². The summed E-state index contributed by atoms with van der Waals surface area (Å²) >= 11 is 1.31. The number of nitrogen functional groups attached to an aromatic ring is 1. The molecule has 4 N–H and O–H groups in total. The van der Waals surface area contributed by atoms with E-state index in [1.165, 1.54) is 11.3 Å². The van der Waals surface area contributed by atoms with E-state index in [4.69, 9.17) is 10.5 Å². The first-order valence-electron chi connectivity index (χ1n) is 6.01. The number of hydrogen-bond acceptors (Lipinski definition) is 6. The number of likely N-dealkylation sites (N-methyl/N-ethyl adjacent to an activating group) is 1. The van der Waals surface area contributed by atoms with E-state index in [-0.39, 0.29) is 5.91 Å². The maximum atomic E-state index is 11.7. The van der Waals surface area contributed by atoms with E-state index in [9.17, 15) is 4.79 Å². The SMILES string of the molecule is CNC(=O)c1sc(NCC(C)N(C)C)c(OC)c1N. The molecule has 1 unspecified atom stereocenters. The van der Waals surface area contributed by atoms with Crippen molar-refractivity contribution in [2.24, 2.45) is 0 Å². The van der Waals surface area contributed by atoms with Crippen molar-refractivity contribution < 1.29 is 9.53 Å². The third-order valence-electron chi connectivity index (χ3n) is 2.98. The quantitative estimate of drug-likeness (QED) is 0.729. The maximum Gasteiger partial charge on any atom is 0.263 e. The van der Waals surface area contributed by atoms with E-state index in [1.807, 2.05) is 14.1 Å². The molecular weight excluding hydrogens is 264 g/mol. The molecule has 0 fully saturated rings. The number of carbonyl (C=O) groups is 1. The van der Waals surface area contributed by atoms with Crippen LogP contribution in [0, 0.1) is 0 Å². The van der Waals surface area contributed by atoms with E-state index in [0.717, 1.165) is 11.5 Å². The van der Waals surface area contributed by atoms with Crippen LogP contribution in [0.4, 0.5) is 10.7 Å². The fraction of sp³-hybridized carbons (Fsp3) is 0.583. The lowest BCUT2D eigenvalue weighted by Crippen LogP contribution is -2.31. The number of ether oxygens (including phenoxy) is 1. The Balaban J connectivity index is 2.91. The third-order valence-corrected chi connectivity index (χ3v) is 4.12. The Morgan fingerprint density at radius 3 is 2.63 bits per heavy atom. The second kappa shape index (κ2) is 6.63. The van der Waals surface area contributed by atoms with Crippen LogP contribution in [0.5, 0.6) is 5.75 Å². The molecular formula is C12H22N4O2S. The van der Waals surface area contributed by atoms with Gasteiger partial charge in [0.2, 0.25) is 0 Å². The summed E-state index contributed by atoms with van der Waals surface area (Å²) in [6.07, 6.45) is 0. The number of nitrogens with zero attached hydrogens (tertiary/aromatic N) is 1. The summed E-state index contributed by atoms with van der Waals surface area (Å²) in [6.45, 7) is 2.85.